The van der Waals surface area contributed by atoms with E-state index >= 15 is 0 Å². The smallest absolute Gasteiger partial charge is 0.430 e. The molecule has 0 bridgehead atoms. The zero-order valence-corrected chi connectivity index (χ0v) is 23.3. The number of hydrogen-bond acceptors (Lipinski definition) is 6. The van der Waals surface area contributed by atoms with Crippen LogP contribution in [-0.2, 0) is 16.1 Å². The van der Waals surface area contributed by atoms with Crippen LogP contribution in [0.4, 0.5) is 32.0 Å². The molecule has 2 heterocycles. The van der Waals surface area contributed by atoms with E-state index < -0.39 is 30.2 Å². The number of hydrogen-bond donors (Lipinski definition) is 3. The number of carboxylic acids is 2. The maximum atomic E-state index is 11.7. The van der Waals surface area contributed by atoms with Gasteiger partial charge in [0.15, 0.2) is 0 Å². The van der Waals surface area contributed by atoms with Gasteiger partial charge in [0.25, 0.3) is 5.91 Å². The minimum atomic E-state index is -5.19. The van der Waals surface area contributed by atoms with Crippen LogP contribution in [0.2, 0.25) is 0 Å². The van der Waals surface area contributed by atoms with E-state index in [0.717, 1.165) is 17.6 Å². The van der Waals surface area contributed by atoms with Gasteiger partial charge in [0.2, 0.25) is 0 Å². The van der Waals surface area contributed by atoms with Gasteiger partial charge in [-0.1, -0.05) is 42.5 Å². The first-order valence-corrected chi connectivity index (χ1v) is 13.2. The molecule has 0 atom stereocenters. The van der Waals surface area contributed by atoms with Crippen molar-refractivity contribution in [2.24, 2.45) is 5.73 Å². The zero-order valence-electron chi connectivity index (χ0n) is 23.3. The van der Waals surface area contributed by atoms with Gasteiger partial charge < -0.3 is 30.4 Å². The number of carbonyl (C=O) groups excluding carboxylic acids is 3. The third-order valence-corrected chi connectivity index (χ3v) is 6.66. The molecule has 1 fully saturated rings. The number of quaternary nitrogens is 2. The third kappa shape index (κ3) is 10.0. The SMILES string of the molecule is NC(=O)c1cccc2cn(-c3ccc(C[NH+]4CC[NH+](c5ccccc5)CC4)cc3)nc12.O=C([O-])C(F)(F)F.O=C([O-])C(F)(F)F. The maximum Gasteiger partial charge on any atom is 0.430 e. The Hall–Kier alpha value is -4.96. The Morgan fingerprint density at radius 1 is 0.778 bits per heavy atom. The quantitative estimate of drug-likeness (QED) is 0.247. The van der Waals surface area contributed by atoms with E-state index in [2.05, 4.69) is 59.7 Å². The van der Waals surface area contributed by atoms with Crippen LogP contribution in [0.25, 0.3) is 16.6 Å². The lowest BCUT2D eigenvalue weighted by Gasteiger charge is -2.29. The number of fused-ring (bicyclic) bond motifs is 1. The van der Waals surface area contributed by atoms with Crippen LogP contribution in [0.5, 0.6) is 0 Å². The topological polar surface area (TPSA) is 150 Å². The van der Waals surface area contributed by atoms with E-state index in [-0.39, 0.29) is 0 Å². The van der Waals surface area contributed by atoms with Crippen molar-refractivity contribution in [1.82, 2.24) is 9.78 Å². The standard InChI is InChI=1S/C25H25N5O.2C2HF3O2/c26-25(31)23-8-4-5-20-18-30(27-24(20)23)22-11-9-19(10-12-22)17-28-13-15-29(16-14-28)21-6-2-1-3-7-21;2*3-2(4,5)1(6)7/h1-12,18H,13-17H2,(H2,26,31);2*(H,6,7). The summed E-state index contributed by atoms with van der Waals surface area (Å²) in [5, 5.41) is 23.1. The number of carboxylic acid groups (broad SMARTS) is 2. The molecule has 1 aromatic heterocycles. The lowest BCUT2D eigenvalue weighted by Crippen LogP contribution is -3.25. The second-order valence-electron chi connectivity index (χ2n) is 9.81. The molecule has 1 aliphatic rings. The summed E-state index contributed by atoms with van der Waals surface area (Å²) in [5.74, 6) is -6.47. The molecule has 1 saturated heterocycles. The molecule has 5 rings (SSSR count). The number of aromatic nitrogens is 2. The molecule has 4 N–H and O–H groups in total. The van der Waals surface area contributed by atoms with E-state index in [0.29, 0.717) is 11.1 Å². The van der Waals surface area contributed by atoms with E-state index in [1.807, 2.05) is 23.0 Å². The fourth-order valence-electron chi connectivity index (χ4n) is 4.48. The van der Waals surface area contributed by atoms with Gasteiger partial charge in [-0.15, -0.1) is 0 Å². The second kappa shape index (κ2) is 14.7. The van der Waals surface area contributed by atoms with E-state index in [1.165, 1.54) is 37.4 Å². The van der Waals surface area contributed by atoms with Crippen LogP contribution in [0.3, 0.4) is 0 Å². The predicted octanol–water partition coefficient (Wildman–Crippen LogP) is -0.663. The fourth-order valence-corrected chi connectivity index (χ4v) is 4.48. The first kappa shape index (κ1) is 34.5. The molecule has 0 unspecified atom stereocenters. The molecule has 1 aliphatic heterocycles. The van der Waals surface area contributed by atoms with Gasteiger partial charge >= 0.3 is 12.4 Å². The number of alkyl halides is 6. The zero-order chi connectivity index (χ0) is 33.4. The summed E-state index contributed by atoms with van der Waals surface area (Å²) in [6, 6.07) is 24.8. The highest BCUT2D eigenvalue weighted by molar-refractivity contribution is 6.04. The molecule has 0 spiro atoms. The van der Waals surface area contributed by atoms with Gasteiger partial charge in [-0.2, -0.15) is 31.4 Å². The van der Waals surface area contributed by atoms with Crippen molar-refractivity contribution in [3.63, 3.8) is 0 Å². The first-order chi connectivity index (χ1) is 21.1. The number of primary amides is 1. The van der Waals surface area contributed by atoms with Gasteiger partial charge in [-0.05, 0) is 30.3 Å². The monoisotopic (exact) mass is 639 g/mol. The van der Waals surface area contributed by atoms with Crippen molar-refractivity contribution >= 4 is 34.4 Å². The molecule has 4 aromatic rings. The number of benzene rings is 3. The number of nitrogens with two attached hydrogens (primary N) is 1. The van der Waals surface area contributed by atoms with E-state index in [1.54, 1.807) is 15.9 Å². The Balaban J connectivity index is 0.000000331. The molecule has 16 heteroatoms. The second-order valence-corrected chi connectivity index (χ2v) is 9.81. The average molecular weight is 640 g/mol. The Morgan fingerprint density at radius 2 is 1.31 bits per heavy atom. The number of para-hydroxylation sites is 1. The number of rotatable bonds is 5. The Bertz CT molecular complexity index is 1580. The lowest BCUT2D eigenvalue weighted by atomic mass is 10.1. The number of nitrogens with zero attached hydrogens (tertiary/aromatic N) is 2. The molecule has 10 nitrogen and oxygen atoms in total. The highest BCUT2D eigenvalue weighted by Crippen LogP contribution is 2.19. The Morgan fingerprint density at radius 3 is 1.80 bits per heavy atom. The van der Waals surface area contributed by atoms with Gasteiger partial charge in [-0.3, -0.25) is 9.69 Å². The predicted molar refractivity (Wildman–Crippen MR) is 143 cm³/mol. The van der Waals surface area contributed by atoms with Crippen LogP contribution >= 0.6 is 0 Å². The number of halogens is 6. The number of nitrogens with one attached hydrogen (secondary N) is 2. The van der Waals surface area contributed by atoms with Crippen LogP contribution in [0.1, 0.15) is 15.9 Å². The van der Waals surface area contributed by atoms with Gasteiger partial charge in [0.05, 0.1) is 11.3 Å². The number of aliphatic carboxylic acids is 2. The van der Waals surface area contributed by atoms with Crippen molar-refractivity contribution in [1.29, 1.82) is 0 Å². The number of amides is 1. The number of piperazine rings is 1. The van der Waals surface area contributed by atoms with Crippen LogP contribution in [0, 0.1) is 0 Å². The van der Waals surface area contributed by atoms with E-state index in [9.17, 15) is 31.1 Å². The van der Waals surface area contributed by atoms with Crippen molar-refractivity contribution < 1.29 is 60.7 Å². The van der Waals surface area contributed by atoms with Crippen molar-refractivity contribution in [3.8, 4) is 5.69 Å². The third-order valence-electron chi connectivity index (χ3n) is 6.66. The normalized spacial score (nSPS) is 16.5. The first-order valence-electron chi connectivity index (χ1n) is 13.2. The molecular weight excluding hydrogens is 612 g/mol. The highest BCUT2D eigenvalue weighted by Gasteiger charge is 2.29. The number of carbonyl (C=O) groups is 3. The van der Waals surface area contributed by atoms with Crippen molar-refractivity contribution in [2.45, 2.75) is 18.9 Å². The van der Waals surface area contributed by atoms with Crippen molar-refractivity contribution in [3.05, 3.63) is 90.1 Å². The molecule has 240 valence electrons. The molecule has 1 amide bonds. The summed E-state index contributed by atoms with van der Waals surface area (Å²) in [6.45, 7) is 5.72. The molecular formula is C29H27F6N5O5. The minimum absolute atomic E-state index is 0.452. The molecule has 45 heavy (non-hydrogen) atoms. The van der Waals surface area contributed by atoms with Crippen LogP contribution < -0.4 is 25.7 Å². The summed E-state index contributed by atoms with van der Waals surface area (Å²) >= 11 is 0. The van der Waals surface area contributed by atoms with Crippen LogP contribution in [-0.4, -0.2) is 66.2 Å². The van der Waals surface area contributed by atoms with E-state index in [4.69, 9.17) is 25.5 Å². The fraction of sp³-hybridized carbons (Fsp3) is 0.241. The Kier molecular flexibility index (Phi) is 11.3. The summed E-state index contributed by atoms with van der Waals surface area (Å²) in [5.41, 5.74) is 10.3. The summed E-state index contributed by atoms with van der Waals surface area (Å²) in [7, 11) is 0. The van der Waals surface area contributed by atoms with Gasteiger partial charge in [0, 0.05) is 17.1 Å². The summed E-state index contributed by atoms with van der Waals surface area (Å²) < 4.78 is 64.9. The summed E-state index contributed by atoms with van der Waals surface area (Å²) in [4.78, 5) is 32.4. The molecule has 3 aromatic carbocycles. The molecule has 0 aliphatic carbocycles. The van der Waals surface area contributed by atoms with Gasteiger partial charge in [0.1, 0.15) is 55.9 Å². The van der Waals surface area contributed by atoms with Gasteiger partial charge in [-0.25, -0.2) is 4.68 Å². The highest BCUT2D eigenvalue weighted by atomic mass is 19.4. The lowest BCUT2D eigenvalue weighted by molar-refractivity contribution is -0.994. The minimum Gasteiger partial charge on any atom is -0.542 e. The molecule has 0 radical (unpaired) electrons. The average Bonchev–Trinajstić information content (AvgIpc) is 3.43. The molecule has 0 saturated carbocycles. The van der Waals surface area contributed by atoms with Crippen LogP contribution in [0.15, 0.2) is 79.0 Å². The Labute approximate surface area is 251 Å². The van der Waals surface area contributed by atoms with Crippen molar-refractivity contribution in [2.75, 3.05) is 26.2 Å². The largest absolute Gasteiger partial charge is 0.542 e. The maximum absolute atomic E-state index is 11.7. The summed E-state index contributed by atoms with van der Waals surface area (Å²) in [6.07, 6.45) is -8.45.